The Labute approximate surface area is 169 Å². The number of nitrogens with one attached hydrogen (secondary N) is 2. The van der Waals surface area contributed by atoms with Crippen molar-refractivity contribution in [2.75, 3.05) is 0 Å². The molecule has 140 valence electrons. The third kappa shape index (κ3) is 3.36. The SMILES string of the molecule is Cc1[nH]c(-c2ccc(-c3ncc(-c4ccccc4)[nH]3)cc2)nc1-c1ccccc1. The van der Waals surface area contributed by atoms with Crippen LogP contribution in [-0.4, -0.2) is 19.9 Å². The van der Waals surface area contributed by atoms with Crippen LogP contribution in [0.5, 0.6) is 0 Å². The van der Waals surface area contributed by atoms with Gasteiger partial charge in [0.25, 0.3) is 0 Å². The molecular formula is C25H20N4. The molecule has 0 atom stereocenters. The molecule has 0 fully saturated rings. The number of aromatic nitrogens is 4. The summed E-state index contributed by atoms with van der Waals surface area (Å²) in [6, 6.07) is 28.8. The third-order valence-electron chi connectivity index (χ3n) is 5.02. The van der Waals surface area contributed by atoms with Crippen LogP contribution in [-0.2, 0) is 0 Å². The summed E-state index contributed by atoms with van der Waals surface area (Å²) in [6.07, 6.45) is 1.88. The lowest BCUT2D eigenvalue weighted by molar-refractivity contribution is 1.25. The fourth-order valence-electron chi connectivity index (χ4n) is 3.49. The number of imidazole rings is 2. The molecule has 0 aliphatic rings. The highest BCUT2D eigenvalue weighted by Crippen LogP contribution is 2.27. The van der Waals surface area contributed by atoms with E-state index in [-0.39, 0.29) is 0 Å². The van der Waals surface area contributed by atoms with Crippen LogP contribution in [0.2, 0.25) is 0 Å². The van der Waals surface area contributed by atoms with Gasteiger partial charge in [-0.2, -0.15) is 0 Å². The Morgan fingerprint density at radius 2 is 1.17 bits per heavy atom. The van der Waals surface area contributed by atoms with Gasteiger partial charge < -0.3 is 9.97 Å². The van der Waals surface area contributed by atoms with Crippen LogP contribution in [0.25, 0.3) is 45.3 Å². The van der Waals surface area contributed by atoms with Crippen LogP contribution in [0.15, 0.2) is 91.1 Å². The van der Waals surface area contributed by atoms with Crippen molar-refractivity contribution in [3.8, 4) is 45.3 Å². The minimum Gasteiger partial charge on any atom is -0.342 e. The normalized spacial score (nSPS) is 10.9. The zero-order valence-corrected chi connectivity index (χ0v) is 16.1. The maximum atomic E-state index is 4.82. The van der Waals surface area contributed by atoms with Crippen LogP contribution in [0.4, 0.5) is 0 Å². The second-order valence-electron chi connectivity index (χ2n) is 7.01. The lowest BCUT2D eigenvalue weighted by Gasteiger charge is -2.01. The van der Waals surface area contributed by atoms with E-state index in [0.717, 1.165) is 51.0 Å². The van der Waals surface area contributed by atoms with E-state index in [4.69, 9.17) is 4.98 Å². The summed E-state index contributed by atoms with van der Waals surface area (Å²) in [7, 11) is 0. The molecule has 2 aromatic heterocycles. The Bertz CT molecular complexity index is 1230. The molecule has 0 aliphatic carbocycles. The van der Waals surface area contributed by atoms with Gasteiger partial charge in [0.1, 0.15) is 11.6 Å². The van der Waals surface area contributed by atoms with Crippen molar-refractivity contribution < 1.29 is 0 Å². The second-order valence-corrected chi connectivity index (χ2v) is 7.01. The minimum absolute atomic E-state index is 0.857. The molecule has 0 amide bonds. The van der Waals surface area contributed by atoms with Crippen LogP contribution < -0.4 is 0 Å². The quantitative estimate of drug-likeness (QED) is 0.398. The highest BCUT2D eigenvalue weighted by atomic mass is 14.9. The van der Waals surface area contributed by atoms with Gasteiger partial charge in [-0.15, -0.1) is 0 Å². The molecule has 2 heterocycles. The average Bonchev–Trinajstić information content (AvgIpc) is 3.42. The van der Waals surface area contributed by atoms with E-state index in [0.29, 0.717) is 0 Å². The van der Waals surface area contributed by atoms with Crippen LogP contribution >= 0.6 is 0 Å². The van der Waals surface area contributed by atoms with E-state index in [2.05, 4.69) is 70.4 Å². The molecule has 3 aromatic carbocycles. The Balaban J connectivity index is 1.42. The summed E-state index contributed by atoms with van der Waals surface area (Å²) >= 11 is 0. The predicted octanol–water partition coefficient (Wildman–Crippen LogP) is 6.11. The molecule has 0 aliphatic heterocycles. The number of hydrogen-bond donors (Lipinski definition) is 2. The number of rotatable bonds is 4. The Morgan fingerprint density at radius 1 is 0.586 bits per heavy atom. The fourth-order valence-corrected chi connectivity index (χ4v) is 3.49. The van der Waals surface area contributed by atoms with Gasteiger partial charge in [-0.1, -0.05) is 84.9 Å². The molecule has 4 nitrogen and oxygen atoms in total. The summed E-state index contributed by atoms with van der Waals surface area (Å²) in [5.41, 5.74) is 7.41. The van der Waals surface area contributed by atoms with Crippen molar-refractivity contribution >= 4 is 0 Å². The van der Waals surface area contributed by atoms with E-state index in [1.54, 1.807) is 0 Å². The van der Waals surface area contributed by atoms with E-state index in [1.165, 1.54) is 0 Å². The third-order valence-corrected chi connectivity index (χ3v) is 5.02. The van der Waals surface area contributed by atoms with Gasteiger partial charge in [-0.05, 0) is 12.5 Å². The van der Waals surface area contributed by atoms with Gasteiger partial charge in [0.15, 0.2) is 0 Å². The van der Waals surface area contributed by atoms with Gasteiger partial charge in [-0.3, -0.25) is 0 Å². The first-order valence-corrected chi connectivity index (χ1v) is 9.61. The van der Waals surface area contributed by atoms with E-state index >= 15 is 0 Å². The lowest BCUT2D eigenvalue weighted by atomic mass is 10.1. The fraction of sp³-hybridized carbons (Fsp3) is 0.0400. The minimum atomic E-state index is 0.857. The highest BCUT2D eigenvalue weighted by molar-refractivity contribution is 5.70. The zero-order valence-electron chi connectivity index (χ0n) is 16.1. The average molecular weight is 376 g/mol. The van der Waals surface area contributed by atoms with Crippen molar-refractivity contribution in [1.29, 1.82) is 0 Å². The summed E-state index contributed by atoms with van der Waals surface area (Å²) in [5.74, 6) is 1.73. The van der Waals surface area contributed by atoms with Gasteiger partial charge in [0.05, 0.1) is 17.6 Å². The predicted molar refractivity (Wildman–Crippen MR) is 117 cm³/mol. The highest BCUT2D eigenvalue weighted by Gasteiger charge is 2.11. The van der Waals surface area contributed by atoms with Crippen molar-refractivity contribution in [1.82, 2.24) is 19.9 Å². The summed E-state index contributed by atoms with van der Waals surface area (Å²) in [5, 5.41) is 0. The molecule has 2 N–H and O–H groups in total. The second kappa shape index (κ2) is 7.24. The van der Waals surface area contributed by atoms with Crippen molar-refractivity contribution in [2.24, 2.45) is 0 Å². The molecule has 29 heavy (non-hydrogen) atoms. The maximum absolute atomic E-state index is 4.82. The Kier molecular flexibility index (Phi) is 4.30. The first-order chi connectivity index (χ1) is 14.3. The van der Waals surface area contributed by atoms with E-state index in [1.807, 2.05) is 42.6 Å². The number of benzene rings is 3. The largest absolute Gasteiger partial charge is 0.342 e. The summed E-state index contributed by atoms with van der Waals surface area (Å²) in [4.78, 5) is 16.2. The molecule has 0 unspecified atom stereocenters. The number of aromatic amines is 2. The standard InChI is InChI=1S/C25H20N4/c1-17-23(19-10-6-3-7-11-19)29-25(27-17)21-14-12-20(13-15-21)24-26-16-22(28-24)18-8-4-2-5-9-18/h2-16H,1H3,(H,26,28)(H,27,29). The molecule has 0 bridgehead atoms. The van der Waals surface area contributed by atoms with Crippen LogP contribution in [0.3, 0.4) is 0 Å². The van der Waals surface area contributed by atoms with Gasteiger partial charge in [0.2, 0.25) is 0 Å². The van der Waals surface area contributed by atoms with E-state index < -0.39 is 0 Å². The monoisotopic (exact) mass is 376 g/mol. The molecular weight excluding hydrogens is 356 g/mol. The number of nitrogens with zero attached hydrogens (tertiary/aromatic N) is 2. The van der Waals surface area contributed by atoms with Gasteiger partial charge >= 0.3 is 0 Å². The molecule has 0 spiro atoms. The molecule has 0 saturated heterocycles. The van der Waals surface area contributed by atoms with Crippen LogP contribution in [0.1, 0.15) is 5.69 Å². The molecule has 5 rings (SSSR count). The smallest absolute Gasteiger partial charge is 0.138 e. The van der Waals surface area contributed by atoms with Crippen molar-refractivity contribution in [2.45, 2.75) is 6.92 Å². The lowest BCUT2D eigenvalue weighted by Crippen LogP contribution is -1.84. The molecule has 5 aromatic rings. The van der Waals surface area contributed by atoms with Gasteiger partial charge in [-0.25, -0.2) is 9.97 Å². The number of H-pyrrole nitrogens is 2. The molecule has 0 radical (unpaired) electrons. The first kappa shape index (κ1) is 17.2. The first-order valence-electron chi connectivity index (χ1n) is 9.61. The summed E-state index contributed by atoms with van der Waals surface area (Å²) < 4.78 is 0. The Hall–Kier alpha value is -3.92. The Morgan fingerprint density at radius 3 is 1.83 bits per heavy atom. The number of aryl methyl sites for hydroxylation is 1. The van der Waals surface area contributed by atoms with E-state index in [9.17, 15) is 0 Å². The van der Waals surface area contributed by atoms with Gasteiger partial charge in [0, 0.05) is 22.4 Å². The van der Waals surface area contributed by atoms with Crippen molar-refractivity contribution in [3.63, 3.8) is 0 Å². The van der Waals surface area contributed by atoms with Crippen molar-refractivity contribution in [3.05, 3.63) is 96.8 Å². The van der Waals surface area contributed by atoms with Crippen LogP contribution in [0, 0.1) is 6.92 Å². The topological polar surface area (TPSA) is 57.4 Å². The molecule has 4 heteroatoms. The number of hydrogen-bond acceptors (Lipinski definition) is 2. The maximum Gasteiger partial charge on any atom is 0.138 e. The molecule has 0 saturated carbocycles. The zero-order chi connectivity index (χ0) is 19.6. The summed E-state index contributed by atoms with van der Waals surface area (Å²) in [6.45, 7) is 2.06.